The Morgan fingerprint density at radius 1 is 0.964 bits per heavy atom. The van der Waals surface area contributed by atoms with Crippen molar-refractivity contribution in [2.45, 2.75) is 39.5 Å². The first-order chi connectivity index (χ1) is 13.5. The maximum Gasteiger partial charge on any atom is 0.306 e. The molecule has 0 heterocycles. The maximum absolute atomic E-state index is 12.0. The molecule has 0 spiro atoms. The highest BCUT2D eigenvalue weighted by molar-refractivity contribution is 5.92. The van der Waals surface area contributed by atoms with E-state index in [1.807, 2.05) is 30.3 Å². The third-order valence-electron chi connectivity index (χ3n) is 3.99. The van der Waals surface area contributed by atoms with Gasteiger partial charge >= 0.3 is 5.97 Å². The van der Waals surface area contributed by atoms with Crippen LogP contribution in [0.15, 0.2) is 54.6 Å². The van der Waals surface area contributed by atoms with Crippen LogP contribution >= 0.6 is 0 Å². The van der Waals surface area contributed by atoms with Crippen LogP contribution in [0.2, 0.25) is 0 Å². The predicted octanol–water partition coefficient (Wildman–Crippen LogP) is 4.62. The van der Waals surface area contributed by atoms with E-state index in [0.29, 0.717) is 24.8 Å². The number of rotatable bonds is 11. The van der Waals surface area contributed by atoms with Crippen LogP contribution in [-0.2, 0) is 20.7 Å². The van der Waals surface area contributed by atoms with Gasteiger partial charge < -0.3 is 14.8 Å². The van der Waals surface area contributed by atoms with E-state index >= 15 is 0 Å². The number of carbonyl (C=O) groups is 2. The fourth-order valence-corrected chi connectivity index (χ4v) is 2.52. The van der Waals surface area contributed by atoms with Crippen molar-refractivity contribution < 1.29 is 19.1 Å². The third kappa shape index (κ3) is 8.71. The van der Waals surface area contributed by atoms with E-state index in [1.54, 1.807) is 12.1 Å². The van der Waals surface area contributed by atoms with E-state index in [-0.39, 0.29) is 24.7 Å². The summed E-state index contributed by atoms with van der Waals surface area (Å²) < 4.78 is 10.8. The van der Waals surface area contributed by atoms with Crippen molar-refractivity contribution in [1.82, 2.24) is 0 Å². The van der Waals surface area contributed by atoms with Crippen molar-refractivity contribution in [3.8, 4) is 5.75 Å². The summed E-state index contributed by atoms with van der Waals surface area (Å²) in [5, 5.41) is 2.78. The van der Waals surface area contributed by atoms with Gasteiger partial charge in [0.15, 0.2) is 0 Å². The molecule has 0 saturated heterocycles. The molecule has 0 aliphatic carbocycles. The molecule has 150 valence electrons. The number of anilines is 1. The minimum atomic E-state index is -0.347. The van der Waals surface area contributed by atoms with Gasteiger partial charge in [-0.1, -0.05) is 44.2 Å². The zero-order valence-corrected chi connectivity index (χ0v) is 16.6. The molecular weight excluding hydrogens is 354 g/mol. The van der Waals surface area contributed by atoms with E-state index in [2.05, 4.69) is 31.3 Å². The smallest absolute Gasteiger partial charge is 0.306 e. The SMILES string of the molecule is CC(C)COc1ccc(NC(=O)CCC(=O)OCCCc2ccccc2)cc1. The summed E-state index contributed by atoms with van der Waals surface area (Å²) in [5.41, 5.74) is 1.90. The first kappa shape index (κ1) is 21.5. The van der Waals surface area contributed by atoms with E-state index < -0.39 is 0 Å². The predicted molar refractivity (Wildman–Crippen MR) is 110 cm³/mol. The Bertz CT molecular complexity index is 726. The molecule has 0 aliphatic rings. The summed E-state index contributed by atoms with van der Waals surface area (Å²) in [4.78, 5) is 23.7. The number of aryl methyl sites for hydroxylation is 1. The van der Waals surface area contributed by atoms with Crippen molar-refractivity contribution in [1.29, 1.82) is 0 Å². The lowest BCUT2D eigenvalue weighted by atomic mass is 10.1. The molecule has 2 aromatic carbocycles. The zero-order chi connectivity index (χ0) is 20.2. The standard InChI is InChI=1S/C23H29NO4/c1-18(2)17-28-21-12-10-20(11-13-21)24-22(25)14-15-23(26)27-16-6-9-19-7-4-3-5-8-19/h3-5,7-8,10-13,18H,6,9,14-17H2,1-2H3,(H,24,25). The minimum absolute atomic E-state index is 0.0761. The number of benzene rings is 2. The lowest BCUT2D eigenvalue weighted by molar-refractivity contribution is -0.144. The molecule has 1 N–H and O–H groups in total. The normalized spacial score (nSPS) is 10.5. The molecular formula is C23H29NO4. The zero-order valence-electron chi connectivity index (χ0n) is 16.6. The highest BCUT2D eigenvalue weighted by Crippen LogP contribution is 2.16. The van der Waals surface area contributed by atoms with Gasteiger partial charge in [0.1, 0.15) is 5.75 Å². The molecule has 1 amide bonds. The van der Waals surface area contributed by atoms with Crippen LogP contribution in [0.4, 0.5) is 5.69 Å². The average Bonchev–Trinajstić information content (AvgIpc) is 2.70. The molecule has 0 unspecified atom stereocenters. The largest absolute Gasteiger partial charge is 0.493 e. The van der Waals surface area contributed by atoms with Gasteiger partial charge in [-0.25, -0.2) is 0 Å². The van der Waals surface area contributed by atoms with E-state index in [4.69, 9.17) is 9.47 Å². The molecule has 0 aliphatic heterocycles. The van der Waals surface area contributed by atoms with Crippen molar-refractivity contribution >= 4 is 17.6 Å². The first-order valence-electron chi connectivity index (χ1n) is 9.75. The molecule has 0 fully saturated rings. The molecule has 0 aromatic heterocycles. The lowest BCUT2D eigenvalue weighted by Gasteiger charge is -2.10. The second kappa shape index (κ2) is 11.8. The number of amides is 1. The molecule has 0 atom stereocenters. The number of hydrogen-bond donors (Lipinski definition) is 1. The van der Waals surface area contributed by atoms with Gasteiger partial charge in [0.2, 0.25) is 5.91 Å². The fourth-order valence-electron chi connectivity index (χ4n) is 2.52. The minimum Gasteiger partial charge on any atom is -0.493 e. The maximum atomic E-state index is 12.0. The first-order valence-corrected chi connectivity index (χ1v) is 9.75. The van der Waals surface area contributed by atoms with E-state index in [1.165, 1.54) is 5.56 Å². The molecule has 2 rings (SSSR count). The van der Waals surface area contributed by atoms with Crippen LogP contribution in [0.1, 0.15) is 38.7 Å². The Hall–Kier alpha value is -2.82. The molecule has 0 radical (unpaired) electrons. The van der Waals surface area contributed by atoms with Crippen molar-refractivity contribution in [3.63, 3.8) is 0 Å². The van der Waals surface area contributed by atoms with Crippen molar-refractivity contribution in [2.75, 3.05) is 18.5 Å². The van der Waals surface area contributed by atoms with E-state index in [0.717, 1.165) is 18.6 Å². The number of nitrogens with one attached hydrogen (secondary N) is 1. The Morgan fingerprint density at radius 3 is 2.36 bits per heavy atom. The summed E-state index contributed by atoms with van der Waals surface area (Å²) in [5.74, 6) is 0.668. The molecule has 28 heavy (non-hydrogen) atoms. The summed E-state index contributed by atoms with van der Waals surface area (Å²) in [6.45, 7) is 5.19. The molecule has 5 nitrogen and oxygen atoms in total. The quantitative estimate of drug-likeness (QED) is 0.454. The van der Waals surface area contributed by atoms with Crippen LogP contribution in [0, 0.1) is 5.92 Å². The second-order valence-electron chi connectivity index (χ2n) is 7.09. The molecule has 2 aromatic rings. The third-order valence-corrected chi connectivity index (χ3v) is 3.99. The molecule has 5 heteroatoms. The highest BCUT2D eigenvalue weighted by Gasteiger charge is 2.09. The van der Waals surface area contributed by atoms with Gasteiger partial charge in [0.05, 0.1) is 19.6 Å². The van der Waals surface area contributed by atoms with Crippen LogP contribution in [0.25, 0.3) is 0 Å². The van der Waals surface area contributed by atoms with Gasteiger partial charge in [0.25, 0.3) is 0 Å². The Morgan fingerprint density at radius 2 is 1.68 bits per heavy atom. The van der Waals surface area contributed by atoms with E-state index in [9.17, 15) is 9.59 Å². The van der Waals surface area contributed by atoms with Crippen molar-refractivity contribution in [3.05, 3.63) is 60.2 Å². The topological polar surface area (TPSA) is 64.6 Å². The van der Waals surface area contributed by atoms with Crippen LogP contribution in [0.3, 0.4) is 0 Å². The number of ether oxygens (including phenoxy) is 2. The molecule has 0 bridgehead atoms. The van der Waals surface area contributed by atoms with Crippen LogP contribution in [0.5, 0.6) is 5.75 Å². The average molecular weight is 383 g/mol. The Labute approximate surface area is 167 Å². The second-order valence-corrected chi connectivity index (χ2v) is 7.09. The van der Waals surface area contributed by atoms with Gasteiger partial charge in [-0.3, -0.25) is 9.59 Å². The van der Waals surface area contributed by atoms with Crippen LogP contribution < -0.4 is 10.1 Å². The summed E-state index contributed by atoms with van der Waals surface area (Å²) in [6.07, 6.45) is 1.81. The lowest BCUT2D eigenvalue weighted by Crippen LogP contribution is -2.15. The summed E-state index contributed by atoms with van der Waals surface area (Å²) in [6, 6.07) is 17.3. The van der Waals surface area contributed by atoms with Gasteiger partial charge in [0, 0.05) is 12.1 Å². The van der Waals surface area contributed by atoms with Crippen molar-refractivity contribution in [2.24, 2.45) is 5.92 Å². The number of hydrogen-bond acceptors (Lipinski definition) is 4. The number of carbonyl (C=O) groups excluding carboxylic acids is 2. The Kier molecular flexibility index (Phi) is 9.05. The van der Waals surface area contributed by atoms with Crippen LogP contribution in [-0.4, -0.2) is 25.1 Å². The molecule has 0 saturated carbocycles. The Balaban J connectivity index is 1.60. The van der Waals surface area contributed by atoms with Gasteiger partial charge in [-0.2, -0.15) is 0 Å². The highest BCUT2D eigenvalue weighted by atomic mass is 16.5. The monoisotopic (exact) mass is 383 g/mol. The van der Waals surface area contributed by atoms with Gasteiger partial charge in [-0.15, -0.1) is 0 Å². The summed E-state index contributed by atoms with van der Waals surface area (Å²) in [7, 11) is 0. The van der Waals surface area contributed by atoms with Gasteiger partial charge in [-0.05, 0) is 48.6 Å². The number of esters is 1. The fraction of sp³-hybridized carbons (Fsp3) is 0.391. The summed E-state index contributed by atoms with van der Waals surface area (Å²) >= 11 is 0.